The summed E-state index contributed by atoms with van der Waals surface area (Å²) >= 11 is 11.8. The van der Waals surface area contributed by atoms with E-state index >= 15 is 0 Å². The minimum Gasteiger partial charge on any atom is -0.306 e. The summed E-state index contributed by atoms with van der Waals surface area (Å²) in [4.78, 5) is 18.1. The van der Waals surface area contributed by atoms with Gasteiger partial charge in [0.05, 0.1) is 17.5 Å². The maximum atomic E-state index is 12.6. The van der Waals surface area contributed by atoms with E-state index in [9.17, 15) is 4.79 Å². The summed E-state index contributed by atoms with van der Waals surface area (Å²) in [5.74, 6) is -0.385. The van der Waals surface area contributed by atoms with E-state index in [2.05, 4.69) is 4.98 Å². The van der Waals surface area contributed by atoms with Gasteiger partial charge in [-0.1, -0.05) is 41.4 Å². The van der Waals surface area contributed by atoms with Gasteiger partial charge in [-0.25, -0.2) is 4.98 Å². The zero-order valence-electron chi connectivity index (χ0n) is 11.0. The Balaban J connectivity index is 2.39. The molecular formula is C15H11Cl2N3O. The molecule has 1 aromatic heterocycles. The smallest absolute Gasteiger partial charge is 0.278 e. The average Bonchev–Trinajstić information content (AvgIpc) is 2.51. The van der Waals surface area contributed by atoms with Crippen LogP contribution in [0.5, 0.6) is 0 Å². The summed E-state index contributed by atoms with van der Waals surface area (Å²) in [5.41, 5.74) is 0.751. The number of hydrogen-bond acceptors (Lipinski definition) is 3. The number of nitrogens with zero attached hydrogens (tertiary/aromatic N) is 3. The number of aromatic nitrogens is 1. The highest BCUT2D eigenvalue weighted by atomic mass is 35.5. The molecule has 4 nitrogen and oxygen atoms in total. The van der Waals surface area contributed by atoms with E-state index < -0.39 is 0 Å². The molecule has 6 heteroatoms. The fourth-order valence-corrected chi connectivity index (χ4v) is 2.15. The minimum absolute atomic E-state index is 0.0750. The van der Waals surface area contributed by atoms with E-state index in [0.29, 0.717) is 5.69 Å². The zero-order valence-corrected chi connectivity index (χ0v) is 12.5. The van der Waals surface area contributed by atoms with Gasteiger partial charge in [0.15, 0.2) is 0 Å². The molecule has 1 heterocycles. The molecule has 0 fully saturated rings. The van der Waals surface area contributed by atoms with Crippen LogP contribution < -0.4 is 4.90 Å². The second-order valence-corrected chi connectivity index (χ2v) is 4.96. The molecule has 0 atom stereocenters. The SMILES string of the molecule is N#CCCN(C(=O)c1nc(Cl)ccc1Cl)c1ccccc1. The number of halogens is 2. The Morgan fingerprint density at radius 3 is 2.57 bits per heavy atom. The van der Waals surface area contributed by atoms with Crippen LogP contribution in [0.2, 0.25) is 10.2 Å². The molecule has 0 saturated heterocycles. The molecule has 0 aliphatic heterocycles. The fourth-order valence-electron chi connectivity index (χ4n) is 1.81. The van der Waals surface area contributed by atoms with Crippen LogP contribution in [-0.4, -0.2) is 17.4 Å². The Morgan fingerprint density at radius 2 is 1.90 bits per heavy atom. The molecule has 1 aromatic carbocycles. The Hall–Kier alpha value is -2.09. The number of amides is 1. The van der Waals surface area contributed by atoms with E-state index in [0.717, 1.165) is 0 Å². The quantitative estimate of drug-likeness (QED) is 0.802. The first-order chi connectivity index (χ1) is 10.1. The number of carbonyl (C=O) groups excluding carboxylic acids is 1. The lowest BCUT2D eigenvalue weighted by atomic mass is 10.2. The van der Waals surface area contributed by atoms with Crippen molar-refractivity contribution in [1.82, 2.24) is 4.98 Å². The van der Waals surface area contributed by atoms with Crippen LogP contribution >= 0.6 is 23.2 Å². The largest absolute Gasteiger partial charge is 0.306 e. The molecule has 0 saturated carbocycles. The maximum Gasteiger partial charge on any atom is 0.278 e. The molecule has 2 aromatic rings. The molecule has 0 bridgehead atoms. The summed E-state index contributed by atoms with van der Waals surface area (Å²) in [7, 11) is 0. The Bertz CT molecular complexity index is 683. The van der Waals surface area contributed by atoms with Crippen molar-refractivity contribution in [3.8, 4) is 6.07 Å². The first kappa shape index (κ1) is 15.3. The number of anilines is 1. The van der Waals surface area contributed by atoms with Crippen molar-refractivity contribution in [3.63, 3.8) is 0 Å². The van der Waals surface area contributed by atoms with Crippen LogP contribution in [0.1, 0.15) is 16.9 Å². The Morgan fingerprint density at radius 1 is 1.19 bits per heavy atom. The highest BCUT2D eigenvalue weighted by molar-refractivity contribution is 6.35. The van der Waals surface area contributed by atoms with Gasteiger partial charge in [-0.05, 0) is 24.3 Å². The van der Waals surface area contributed by atoms with Gasteiger partial charge < -0.3 is 4.90 Å². The van der Waals surface area contributed by atoms with Crippen molar-refractivity contribution in [2.24, 2.45) is 0 Å². The molecule has 0 aliphatic carbocycles. The monoisotopic (exact) mass is 319 g/mol. The Labute approximate surface area is 132 Å². The highest BCUT2D eigenvalue weighted by Gasteiger charge is 2.21. The minimum atomic E-state index is -0.385. The van der Waals surface area contributed by atoms with Crippen LogP contribution in [0.25, 0.3) is 0 Å². The van der Waals surface area contributed by atoms with Crippen molar-refractivity contribution in [3.05, 3.63) is 58.3 Å². The number of nitriles is 1. The van der Waals surface area contributed by atoms with Gasteiger partial charge in [0, 0.05) is 12.2 Å². The molecule has 21 heavy (non-hydrogen) atoms. The van der Waals surface area contributed by atoms with Crippen LogP contribution in [0.4, 0.5) is 5.69 Å². The molecule has 0 radical (unpaired) electrons. The predicted molar refractivity (Wildman–Crippen MR) is 82.6 cm³/mol. The maximum absolute atomic E-state index is 12.6. The lowest BCUT2D eigenvalue weighted by Gasteiger charge is -2.21. The lowest BCUT2D eigenvalue weighted by molar-refractivity contribution is 0.0983. The van der Waals surface area contributed by atoms with Crippen molar-refractivity contribution < 1.29 is 4.79 Å². The van der Waals surface area contributed by atoms with Crippen molar-refractivity contribution in [2.45, 2.75) is 6.42 Å². The molecule has 106 valence electrons. The summed E-state index contributed by atoms with van der Waals surface area (Å²) in [5, 5.41) is 9.18. The summed E-state index contributed by atoms with van der Waals surface area (Å²) in [6.07, 6.45) is 0.207. The topological polar surface area (TPSA) is 57.0 Å². The van der Waals surface area contributed by atoms with Gasteiger partial charge in [-0.15, -0.1) is 0 Å². The lowest BCUT2D eigenvalue weighted by Crippen LogP contribution is -2.32. The number of hydrogen-bond donors (Lipinski definition) is 0. The third kappa shape index (κ3) is 3.72. The first-order valence-corrected chi connectivity index (χ1v) is 6.95. The number of para-hydroxylation sites is 1. The Kier molecular flexibility index (Phi) is 5.15. The number of pyridine rings is 1. The molecule has 0 N–H and O–H groups in total. The molecule has 0 unspecified atom stereocenters. The van der Waals surface area contributed by atoms with Crippen molar-refractivity contribution in [1.29, 1.82) is 5.26 Å². The van der Waals surface area contributed by atoms with E-state index in [4.69, 9.17) is 28.5 Å². The molecule has 2 rings (SSSR count). The normalized spacial score (nSPS) is 9.95. The third-order valence-electron chi connectivity index (χ3n) is 2.77. The predicted octanol–water partition coefficient (Wildman–Crippen LogP) is 3.95. The molecule has 0 aliphatic rings. The zero-order chi connectivity index (χ0) is 15.2. The molecule has 0 spiro atoms. The van der Waals surface area contributed by atoms with E-state index in [1.807, 2.05) is 24.3 Å². The number of benzene rings is 1. The van der Waals surface area contributed by atoms with Crippen molar-refractivity contribution >= 4 is 34.8 Å². The fraction of sp³-hybridized carbons (Fsp3) is 0.133. The van der Waals surface area contributed by atoms with Crippen LogP contribution in [0.3, 0.4) is 0 Å². The van der Waals surface area contributed by atoms with Crippen LogP contribution in [0.15, 0.2) is 42.5 Å². The second kappa shape index (κ2) is 7.07. The second-order valence-electron chi connectivity index (χ2n) is 4.16. The van der Waals surface area contributed by atoms with Gasteiger partial charge in [-0.3, -0.25) is 4.79 Å². The average molecular weight is 320 g/mol. The van der Waals surface area contributed by atoms with Gasteiger partial charge in [0.1, 0.15) is 10.8 Å². The van der Waals surface area contributed by atoms with Crippen molar-refractivity contribution in [2.75, 3.05) is 11.4 Å². The highest BCUT2D eigenvalue weighted by Crippen LogP contribution is 2.22. The van der Waals surface area contributed by atoms with Gasteiger partial charge in [0.25, 0.3) is 5.91 Å². The van der Waals surface area contributed by atoms with Crippen LogP contribution in [-0.2, 0) is 0 Å². The first-order valence-electron chi connectivity index (χ1n) is 6.19. The van der Waals surface area contributed by atoms with E-state index in [1.165, 1.54) is 17.0 Å². The number of carbonyl (C=O) groups is 1. The summed E-state index contributed by atoms with van der Waals surface area (Å²) in [6.45, 7) is 0.254. The van der Waals surface area contributed by atoms with E-state index in [1.54, 1.807) is 12.1 Å². The molecule has 1 amide bonds. The standard InChI is InChI=1S/C15H11Cl2N3O/c16-12-7-8-13(17)19-14(12)15(21)20(10-4-9-18)11-5-2-1-3-6-11/h1-3,5-8H,4,10H2. The van der Waals surface area contributed by atoms with Crippen LogP contribution in [0, 0.1) is 11.3 Å². The third-order valence-corrected chi connectivity index (χ3v) is 3.29. The summed E-state index contributed by atoms with van der Waals surface area (Å²) < 4.78 is 0. The summed E-state index contributed by atoms with van der Waals surface area (Å²) in [6, 6.07) is 14.1. The van der Waals surface area contributed by atoms with Gasteiger partial charge in [-0.2, -0.15) is 5.26 Å². The van der Waals surface area contributed by atoms with Gasteiger partial charge in [0.2, 0.25) is 0 Å². The number of rotatable bonds is 4. The van der Waals surface area contributed by atoms with E-state index in [-0.39, 0.29) is 34.7 Å². The van der Waals surface area contributed by atoms with Gasteiger partial charge >= 0.3 is 0 Å². The molecular weight excluding hydrogens is 309 g/mol.